The summed E-state index contributed by atoms with van der Waals surface area (Å²) >= 11 is 0. The number of ether oxygens (including phenoxy) is 1. The fourth-order valence-corrected chi connectivity index (χ4v) is 4.77. The molecular formula is C30H27NO5. The van der Waals surface area contributed by atoms with Crippen LogP contribution < -0.4 is 9.64 Å². The number of aryl methyl sites for hydroxylation is 2. The van der Waals surface area contributed by atoms with Gasteiger partial charge in [0.15, 0.2) is 11.5 Å². The van der Waals surface area contributed by atoms with Gasteiger partial charge in [0.05, 0.1) is 17.7 Å². The number of hydrogen-bond acceptors (Lipinski definition) is 5. The lowest BCUT2D eigenvalue weighted by molar-refractivity contribution is -0.117. The van der Waals surface area contributed by atoms with Crippen LogP contribution in [-0.2, 0) is 4.79 Å². The summed E-state index contributed by atoms with van der Waals surface area (Å²) in [5, 5.41) is 11.8. The number of carbonyl (C=O) groups excluding carboxylic acids is 2. The van der Waals surface area contributed by atoms with Gasteiger partial charge in [-0.1, -0.05) is 36.4 Å². The molecule has 0 spiro atoms. The van der Waals surface area contributed by atoms with Crippen LogP contribution in [0.2, 0.25) is 0 Å². The maximum atomic E-state index is 13.8. The zero-order valence-electron chi connectivity index (χ0n) is 20.6. The first kappa shape index (κ1) is 23.4. The predicted molar refractivity (Wildman–Crippen MR) is 139 cm³/mol. The quantitative estimate of drug-likeness (QED) is 0.313. The van der Waals surface area contributed by atoms with Crippen LogP contribution in [-0.4, -0.2) is 22.9 Å². The van der Waals surface area contributed by atoms with Crippen molar-refractivity contribution in [3.63, 3.8) is 0 Å². The molecule has 1 unspecified atom stereocenters. The first-order valence-electron chi connectivity index (χ1n) is 11.9. The van der Waals surface area contributed by atoms with Crippen molar-refractivity contribution in [3.05, 3.63) is 107 Å². The van der Waals surface area contributed by atoms with Crippen LogP contribution in [0.5, 0.6) is 5.75 Å². The van der Waals surface area contributed by atoms with Crippen molar-refractivity contribution in [2.24, 2.45) is 0 Å². The lowest BCUT2D eigenvalue weighted by Crippen LogP contribution is -2.31. The minimum absolute atomic E-state index is 0.0279. The number of benzene rings is 3. The zero-order chi connectivity index (χ0) is 25.6. The van der Waals surface area contributed by atoms with Crippen molar-refractivity contribution in [2.45, 2.75) is 39.8 Å². The lowest BCUT2D eigenvalue weighted by atomic mass is 9.94. The van der Waals surface area contributed by atoms with E-state index in [4.69, 9.17) is 9.15 Å². The van der Waals surface area contributed by atoms with Crippen molar-refractivity contribution in [2.75, 3.05) is 4.90 Å². The molecule has 1 N–H and O–H groups in total. The highest BCUT2D eigenvalue weighted by atomic mass is 16.5. The largest absolute Gasteiger partial charge is 0.503 e. The number of rotatable bonds is 6. The number of amides is 1. The molecule has 1 atom stereocenters. The summed E-state index contributed by atoms with van der Waals surface area (Å²) in [6, 6.07) is 21.1. The Morgan fingerprint density at radius 3 is 2.39 bits per heavy atom. The van der Waals surface area contributed by atoms with Crippen molar-refractivity contribution in [1.29, 1.82) is 0 Å². The number of para-hydroxylation sites is 1. The standard InChI is InChI=1S/C30H27NO5/c1-17(2)35-23-10-7-9-21(15-23)27-26(28(32)25-16-20-8-5-6-11-24(20)36-25)29(33)30(34)31(27)22-13-18(3)12-19(4)14-22/h5-17,27,33H,1-4H3. The second kappa shape index (κ2) is 9.04. The van der Waals surface area contributed by atoms with E-state index in [0.29, 0.717) is 22.6 Å². The third kappa shape index (κ3) is 4.15. The molecule has 0 radical (unpaired) electrons. The number of fused-ring (bicyclic) bond motifs is 1. The molecule has 1 amide bonds. The molecule has 1 aromatic heterocycles. The van der Waals surface area contributed by atoms with Gasteiger partial charge in [-0.15, -0.1) is 0 Å². The van der Waals surface area contributed by atoms with Crippen LogP contribution >= 0.6 is 0 Å². The topological polar surface area (TPSA) is 80.0 Å². The smallest absolute Gasteiger partial charge is 0.294 e. The van der Waals surface area contributed by atoms with Gasteiger partial charge < -0.3 is 14.3 Å². The van der Waals surface area contributed by atoms with E-state index in [2.05, 4.69) is 0 Å². The van der Waals surface area contributed by atoms with Crippen molar-refractivity contribution < 1.29 is 23.8 Å². The highest BCUT2D eigenvalue weighted by Gasteiger charge is 2.45. The van der Waals surface area contributed by atoms with Gasteiger partial charge >= 0.3 is 0 Å². The van der Waals surface area contributed by atoms with E-state index in [9.17, 15) is 14.7 Å². The average molecular weight is 482 g/mol. The fourth-order valence-electron chi connectivity index (χ4n) is 4.77. The van der Waals surface area contributed by atoms with Gasteiger partial charge in [-0.05, 0) is 80.8 Å². The van der Waals surface area contributed by atoms with Crippen LogP contribution in [0.15, 0.2) is 88.5 Å². The molecule has 182 valence electrons. The van der Waals surface area contributed by atoms with Gasteiger partial charge in [-0.3, -0.25) is 14.5 Å². The monoisotopic (exact) mass is 481 g/mol. The van der Waals surface area contributed by atoms with E-state index < -0.39 is 23.5 Å². The summed E-state index contributed by atoms with van der Waals surface area (Å²) in [7, 11) is 0. The Morgan fingerprint density at radius 1 is 0.972 bits per heavy atom. The number of anilines is 1. The molecule has 6 heteroatoms. The maximum Gasteiger partial charge on any atom is 0.294 e. The van der Waals surface area contributed by atoms with E-state index in [1.807, 2.05) is 82.3 Å². The Morgan fingerprint density at radius 2 is 1.69 bits per heavy atom. The number of Topliss-reactive ketones (excluding diaryl/α,β-unsaturated/α-hetero) is 1. The van der Waals surface area contributed by atoms with E-state index in [0.717, 1.165) is 16.5 Å². The highest BCUT2D eigenvalue weighted by Crippen LogP contribution is 2.43. The molecule has 1 aliphatic heterocycles. The minimum atomic E-state index is -0.866. The van der Waals surface area contributed by atoms with Crippen LogP contribution in [0.1, 0.15) is 47.1 Å². The summed E-state index contributed by atoms with van der Waals surface area (Å²) in [4.78, 5) is 28.8. The number of hydrogen-bond donors (Lipinski definition) is 1. The SMILES string of the molecule is Cc1cc(C)cc(N2C(=O)C(O)=C(C(=O)c3cc4ccccc4o3)C2c2cccc(OC(C)C)c2)c1. The second-order valence-electron chi connectivity index (χ2n) is 9.40. The Balaban J connectivity index is 1.67. The number of ketones is 1. The van der Waals surface area contributed by atoms with Gasteiger partial charge in [-0.2, -0.15) is 0 Å². The van der Waals surface area contributed by atoms with Gasteiger partial charge in [0, 0.05) is 11.1 Å². The van der Waals surface area contributed by atoms with Crippen LogP contribution in [0.4, 0.5) is 5.69 Å². The molecule has 36 heavy (non-hydrogen) atoms. The molecule has 5 rings (SSSR count). The lowest BCUT2D eigenvalue weighted by Gasteiger charge is -2.28. The first-order chi connectivity index (χ1) is 17.2. The Labute approximate surface area is 209 Å². The van der Waals surface area contributed by atoms with Gasteiger partial charge in [0.1, 0.15) is 11.3 Å². The molecule has 0 saturated heterocycles. The number of aliphatic hydroxyl groups excluding tert-OH is 1. The van der Waals surface area contributed by atoms with Crippen LogP contribution in [0.3, 0.4) is 0 Å². The number of furan rings is 1. The molecule has 0 fully saturated rings. The number of nitrogens with zero attached hydrogens (tertiary/aromatic N) is 1. The third-order valence-corrected chi connectivity index (χ3v) is 6.13. The van der Waals surface area contributed by atoms with Gasteiger partial charge in [0.2, 0.25) is 5.78 Å². The summed E-state index contributed by atoms with van der Waals surface area (Å²) in [5.41, 5.74) is 3.69. The fraction of sp³-hybridized carbons (Fsp3) is 0.200. The van der Waals surface area contributed by atoms with Crippen molar-refractivity contribution in [3.8, 4) is 5.75 Å². The van der Waals surface area contributed by atoms with Crippen molar-refractivity contribution >= 4 is 28.3 Å². The Hall–Kier alpha value is -4.32. The predicted octanol–water partition coefficient (Wildman–Crippen LogP) is 6.62. The molecular weight excluding hydrogens is 454 g/mol. The first-order valence-corrected chi connectivity index (χ1v) is 11.9. The van der Waals surface area contributed by atoms with Crippen LogP contribution in [0, 0.1) is 13.8 Å². The normalized spacial score (nSPS) is 15.9. The van der Waals surface area contributed by atoms with Gasteiger partial charge in [-0.25, -0.2) is 0 Å². The summed E-state index contributed by atoms with van der Waals surface area (Å²) in [5.74, 6) is -1.09. The third-order valence-electron chi connectivity index (χ3n) is 6.13. The van der Waals surface area contributed by atoms with Crippen molar-refractivity contribution in [1.82, 2.24) is 0 Å². The van der Waals surface area contributed by atoms with E-state index in [1.165, 1.54) is 4.90 Å². The molecule has 0 saturated carbocycles. The summed E-state index contributed by atoms with van der Waals surface area (Å²) < 4.78 is 11.7. The summed E-state index contributed by atoms with van der Waals surface area (Å²) in [6.07, 6.45) is -0.0541. The molecule has 4 aromatic rings. The molecule has 0 aliphatic carbocycles. The van der Waals surface area contributed by atoms with E-state index in [-0.39, 0.29) is 17.4 Å². The Kier molecular flexibility index (Phi) is 5.88. The molecule has 1 aliphatic rings. The molecule has 3 aromatic carbocycles. The van der Waals surface area contributed by atoms with Gasteiger partial charge in [0.25, 0.3) is 5.91 Å². The van der Waals surface area contributed by atoms with E-state index in [1.54, 1.807) is 18.2 Å². The number of aliphatic hydroxyl groups is 1. The average Bonchev–Trinajstić information content (AvgIpc) is 3.37. The van der Waals surface area contributed by atoms with E-state index >= 15 is 0 Å². The van der Waals surface area contributed by atoms with Crippen LogP contribution in [0.25, 0.3) is 11.0 Å². The molecule has 2 heterocycles. The highest BCUT2D eigenvalue weighted by molar-refractivity contribution is 6.20. The minimum Gasteiger partial charge on any atom is -0.503 e. The maximum absolute atomic E-state index is 13.8. The number of carbonyl (C=O) groups is 2. The second-order valence-corrected chi connectivity index (χ2v) is 9.40. The zero-order valence-corrected chi connectivity index (χ0v) is 20.6. The molecule has 6 nitrogen and oxygen atoms in total. The molecule has 0 bridgehead atoms. The Bertz CT molecular complexity index is 1470. The summed E-state index contributed by atoms with van der Waals surface area (Å²) in [6.45, 7) is 7.74.